The maximum absolute atomic E-state index is 12.8. The van der Waals surface area contributed by atoms with Crippen LogP contribution in [0, 0.1) is 13.8 Å². The van der Waals surface area contributed by atoms with Crippen molar-refractivity contribution in [2.24, 2.45) is 0 Å². The third-order valence-electron chi connectivity index (χ3n) is 4.44. The van der Waals surface area contributed by atoms with Crippen LogP contribution in [0.5, 0.6) is 11.5 Å². The van der Waals surface area contributed by atoms with E-state index in [-0.39, 0.29) is 12.5 Å². The molecule has 146 valence electrons. The number of rotatable bonds is 5. The second kappa shape index (κ2) is 7.77. The quantitative estimate of drug-likeness (QED) is 0.504. The van der Waals surface area contributed by atoms with Gasteiger partial charge in [0.25, 0.3) is 5.91 Å². The number of carbonyl (C=O) groups is 1. The summed E-state index contributed by atoms with van der Waals surface area (Å²) >= 11 is 0. The van der Waals surface area contributed by atoms with Crippen molar-refractivity contribution in [3.05, 3.63) is 83.2 Å². The van der Waals surface area contributed by atoms with E-state index >= 15 is 0 Å². The summed E-state index contributed by atoms with van der Waals surface area (Å²) in [7, 11) is 0. The molecule has 1 amide bonds. The monoisotopic (exact) mass is 388 g/mol. The van der Waals surface area contributed by atoms with E-state index in [9.17, 15) is 9.90 Å². The molecule has 4 aromatic rings. The summed E-state index contributed by atoms with van der Waals surface area (Å²) in [5.41, 5.74) is 2.55. The van der Waals surface area contributed by atoms with Gasteiger partial charge in [0.2, 0.25) is 0 Å². The molecule has 0 radical (unpaired) electrons. The highest BCUT2D eigenvalue weighted by atomic mass is 16.5. The van der Waals surface area contributed by atoms with Gasteiger partial charge < -0.3 is 19.6 Å². The second-order valence-corrected chi connectivity index (χ2v) is 6.78. The average Bonchev–Trinajstić information content (AvgIpc) is 3.10. The summed E-state index contributed by atoms with van der Waals surface area (Å²) in [5, 5.41) is 12.8. The molecule has 0 saturated heterocycles. The third kappa shape index (κ3) is 4.12. The molecular weight excluding hydrogens is 368 g/mol. The first-order valence-corrected chi connectivity index (χ1v) is 9.19. The maximum atomic E-state index is 12.8. The van der Waals surface area contributed by atoms with Crippen LogP contribution in [-0.2, 0) is 6.61 Å². The van der Waals surface area contributed by atoms with E-state index in [0.29, 0.717) is 34.2 Å². The molecule has 6 heteroatoms. The Kier molecular flexibility index (Phi) is 5.01. The summed E-state index contributed by atoms with van der Waals surface area (Å²) in [4.78, 5) is 17.0. The topological polar surface area (TPSA) is 84.6 Å². The average molecular weight is 388 g/mol. The summed E-state index contributed by atoms with van der Waals surface area (Å²) in [6, 6.07) is 18.0. The summed E-state index contributed by atoms with van der Waals surface area (Å²) in [6.45, 7) is 3.65. The largest absolute Gasteiger partial charge is 0.461 e. The van der Waals surface area contributed by atoms with Crippen LogP contribution >= 0.6 is 0 Å². The lowest BCUT2D eigenvalue weighted by atomic mass is 10.1. The molecule has 4 rings (SSSR count). The fraction of sp³-hybridized carbons (Fsp3) is 0.130. The predicted molar refractivity (Wildman–Crippen MR) is 110 cm³/mol. The third-order valence-corrected chi connectivity index (χ3v) is 4.44. The molecule has 0 spiro atoms. The zero-order valence-corrected chi connectivity index (χ0v) is 16.1. The summed E-state index contributed by atoms with van der Waals surface area (Å²) < 4.78 is 11.8. The number of aryl methyl sites for hydroxylation is 2. The first-order valence-electron chi connectivity index (χ1n) is 9.19. The highest BCUT2D eigenvalue weighted by Crippen LogP contribution is 2.34. The van der Waals surface area contributed by atoms with Crippen LogP contribution in [0.3, 0.4) is 0 Å². The molecular formula is C23H20N2O4. The minimum absolute atomic E-state index is 0.199. The van der Waals surface area contributed by atoms with Gasteiger partial charge in [-0.2, -0.15) is 0 Å². The van der Waals surface area contributed by atoms with Crippen LogP contribution in [0.1, 0.15) is 27.4 Å². The van der Waals surface area contributed by atoms with Gasteiger partial charge in [0.05, 0.1) is 17.7 Å². The Morgan fingerprint density at radius 1 is 1.10 bits per heavy atom. The first kappa shape index (κ1) is 18.7. The number of pyridine rings is 1. The number of benzene rings is 2. The zero-order valence-electron chi connectivity index (χ0n) is 16.1. The van der Waals surface area contributed by atoms with E-state index in [1.807, 2.05) is 44.2 Å². The summed E-state index contributed by atoms with van der Waals surface area (Å²) in [5.74, 6) is 1.94. The number of hydrogen-bond acceptors (Lipinski definition) is 5. The number of nitrogens with one attached hydrogen (secondary N) is 1. The Labute approximate surface area is 167 Å². The molecule has 29 heavy (non-hydrogen) atoms. The van der Waals surface area contributed by atoms with Gasteiger partial charge in [-0.05, 0) is 56.3 Å². The van der Waals surface area contributed by atoms with Gasteiger partial charge in [-0.3, -0.25) is 4.79 Å². The van der Waals surface area contributed by atoms with Gasteiger partial charge in [0.1, 0.15) is 28.7 Å². The number of amides is 1. The van der Waals surface area contributed by atoms with Crippen molar-refractivity contribution >= 4 is 22.7 Å². The first-order chi connectivity index (χ1) is 14.0. The fourth-order valence-electron chi connectivity index (χ4n) is 3.01. The highest BCUT2D eigenvalue weighted by molar-refractivity contribution is 6.06. The Morgan fingerprint density at radius 2 is 1.90 bits per heavy atom. The molecule has 0 saturated carbocycles. The number of carbonyl (C=O) groups excluding carboxylic acids is 1. The molecule has 0 unspecified atom stereocenters. The number of hydrogen-bond donors (Lipinski definition) is 2. The molecule has 6 nitrogen and oxygen atoms in total. The molecule has 0 atom stereocenters. The van der Waals surface area contributed by atoms with Crippen LogP contribution < -0.4 is 10.1 Å². The van der Waals surface area contributed by atoms with Gasteiger partial charge in [-0.1, -0.05) is 23.8 Å². The highest BCUT2D eigenvalue weighted by Gasteiger charge is 2.16. The molecule has 2 heterocycles. The number of fused-ring (bicyclic) bond motifs is 1. The molecule has 0 aliphatic rings. The Morgan fingerprint density at radius 3 is 2.66 bits per heavy atom. The number of aromatic nitrogens is 1. The predicted octanol–water partition coefficient (Wildman–Crippen LogP) is 4.98. The molecule has 0 bridgehead atoms. The number of aliphatic hydroxyl groups is 1. The summed E-state index contributed by atoms with van der Waals surface area (Å²) in [6.07, 6.45) is 0. The van der Waals surface area contributed by atoms with Gasteiger partial charge in [0.15, 0.2) is 0 Å². The molecule has 0 aliphatic heterocycles. The van der Waals surface area contributed by atoms with Gasteiger partial charge >= 0.3 is 0 Å². The lowest BCUT2D eigenvalue weighted by molar-refractivity contribution is 0.102. The Bertz CT molecular complexity index is 1180. The minimum Gasteiger partial charge on any atom is -0.461 e. The molecule has 0 aliphatic carbocycles. The minimum atomic E-state index is -0.350. The second-order valence-electron chi connectivity index (χ2n) is 6.78. The van der Waals surface area contributed by atoms with Crippen molar-refractivity contribution in [1.29, 1.82) is 0 Å². The maximum Gasteiger partial charge on any atom is 0.257 e. The normalized spacial score (nSPS) is 10.9. The van der Waals surface area contributed by atoms with Crippen LogP contribution in [0.15, 0.2) is 65.1 Å². The van der Waals surface area contributed by atoms with E-state index in [1.54, 1.807) is 30.3 Å². The van der Waals surface area contributed by atoms with E-state index < -0.39 is 0 Å². The van der Waals surface area contributed by atoms with Crippen LogP contribution in [-0.4, -0.2) is 16.0 Å². The van der Waals surface area contributed by atoms with Crippen LogP contribution in [0.25, 0.3) is 11.0 Å². The van der Waals surface area contributed by atoms with Gasteiger partial charge in [0, 0.05) is 5.56 Å². The number of furan rings is 1. The zero-order chi connectivity index (χ0) is 20.4. The smallest absolute Gasteiger partial charge is 0.257 e. The lowest BCUT2D eigenvalue weighted by Crippen LogP contribution is -2.13. The molecule has 2 N–H and O–H groups in total. The molecule has 2 aromatic carbocycles. The standard InChI is InChI=1S/C23H20N2O4/c1-14-6-8-18(9-7-14)29-21-12-16(11-20-19(21)10-15(2)28-20)23(27)25-22-5-3-4-17(13-26)24-22/h3-12,26H,13H2,1-2H3,(H,24,25,27). The number of anilines is 1. The SMILES string of the molecule is Cc1ccc(Oc2cc(C(=O)Nc3cccc(CO)n3)cc3oc(C)cc23)cc1. The number of nitrogens with zero attached hydrogens (tertiary/aromatic N) is 1. The number of aliphatic hydroxyl groups excluding tert-OH is 1. The van der Waals surface area contributed by atoms with Crippen molar-refractivity contribution in [2.45, 2.75) is 20.5 Å². The van der Waals surface area contributed by atoms with E-state index in [2.05, 4.69) is 10.3 Å². The molecule has 0 fully saturated rings. The number of ether oxygens (including phenoxy) is 1. The van der Waals surface area contributed by atoms with E-state index in [4.69, 9.17) is 9.15 Å². The Hall–Kier alpha value is -3.64. The van der Waals surface area contributed by atoms with E-state index in [1.165, 1.54) is 0 Å². The van der Waals surface area contributed by atoms with Crippen molar-refractivity contribution < 1.29 is 19.1 Å². The van der Waals surface area contributed by atoms with Gasteiger partial charge in [-0.25, -0.2) is 4.98 Å². The van der Waals surface area contributed by atoms with Crippen LogP contribution in [0.2, 0.25) is 0 Å². The van der Waals surface area contributed by atoms with Crippen LogP contribution in [0.4, 0.5) is 5.82 Å². The van der Waals surface area contributed by atoms with Crippen molar-refractivity contribution in [3.8, 4) is 11.5 Å². The Balaban J connectivity index is 1.68. The van der Waals surface area contributed by atoms with E-state index in [0.717, 1.165) is 16.7 Å². The molecule has 2 aromatic heterocycles. The van der Waals surface area contributed by atoms with Crippen molar-refractivity contribution in [3.63, 3.8) is 0 Å². The fourth-order valence-corrected chi connectivity index (χ4v) is 3.01. The van der Waals surface area contributed by atoms with Crippen molar-refractivity contribution in [2.75, 3.05) is 5.32 Å². The lowest BCUT2D eigenvalue weighted by Gasteiger charge is -2.10. The van der Waals surface area contributed by atoms with Gasteiger partial charge in [-0.15, -0.1) is 0 Å². The van der Waals surface area contributed by atoms with Crippen molar-refractivity contribution in [1.82, 2.24) is 4.98 Å².